The normalized spacial score (nSPS) is 22.6. The molecule has 0 spiro atoms. The summed E-state index contributed by atoms with van der Waals surface area (Å²) in [7, 11) is 0. The zero-order valence-electron chi connectivity index (χ0n) is 12.3. The molecule has 0 bridgehead atoms. The van der Waals surface area contributed by atoms with E-state index in [1.54, 1.807) is 0 Å². The number of rotatable bonds is 2. The van der Waals surface area contributed by atoms with E-state index in [9.17, 15) is 0 Å². The Kier molecular flexibility index (Phi) is 3.99. The van der Waals surface area contributed by atoms with Crippen molar-refractivity contribution >= 4 is 21.9 Å². The molecule has 0 aliphatic carbocycles. The number of anilines is 1. The van der Waals surface area contributed by atoms with Crippen molar-refractivity contribution in [2.24, 2.45) is 11.7 Å². The number of hydrogen-bond donors (Lipinski definition) is 2. The molecule has 112 valence electrons. The van der Waals surface area contributed by atoms with Gasteiger partial charge >= 0.3 is 0 Å². The number of nitrogens with zero attached hydrogens (tertiary/aromatic N) is 3. The van der Waals surface area contributed by atoms with Crippen LogP contribution in [0.25, 0.3) is 11.4 Å². The van der Waals surface area contributed by atoms with E-state index >= 15 is 0 Å². The first-order valence-corrected chi connectivity index (χ1v) is 8.03. The summed E-state index contributed by atoms with van der Waals surface area (Å²) >= 11 is 3.51. The Balaban J connectivity index is 1.81. The number of halogens is 1. The zero-order valence-corrected chi connectivity index (χ0v) is 13.9. The lowest BCUT2D eigenvalue weighted by molar-refractivity contribution is 0.376. The number of H-pyrrole nitrogens is 1. The Labute approximate surface area is 133 Å². The van der Waals surface area contributed by atoms with Gasteiger partial charge in [0.2, 0.25) is 5.95 Å². The molecule has 1 aromatic carbocycles. The molecule has 0 saturated carbocycles. The van der Waals surface area contributed by atoms with E-state index in [0.29, 0.717) is 5.92 Å². The monoisotopic (exact) mass is 349 g/mol. The number of benzene rings is 1. The van der Waals surface area contributed by atoms with Gasteiger partial charge in [-0.05, 0) is 37.0 Å². The molecule has 2 unspecified atom stereocenters. The van der Waals surface area contributed by atoms with Crippen molar-refractivity contribution in [3.8, 4) is 11.4 Å². The first-order valence-electron chi connectivity index (χ1n) is 7.24. The fourth-order valence-electron chi connectivity index (χ4n) is 2.60. The van der Waals surface area contributed by atoms with Crippen LogP contribution in [0.4, 0.5) is 5.95 Å². The number of aryl methyl sites for hydroxylation is 1. The molecule has 1 aliphatic heterocycles. The van der Waals surface area contributed by atoms with Crippen LogP contribution >= 0.6 is 15.9 Å². The Morgan fingerprint density at radius 1 is 1.43 bits per heavy atom. The molecule has 5 nitrogen and oxygen atoms in total. The summed E-state index contributed by atoms with van der Waals surface area (Å²) < 4.78 is 1.10. The second-order valence-corrected chi connectivity index (χ2v) is 6.68. The van der Waals surface area contributed by atoms with Crippen molar-refractivity contribution in [3.05, 3.63) is 28.2 Å². The van der Waals surface area contributed by atoms with E-state index in [4.69, 9.17) is 5.73 Å². The number of aromatic nitrogens is 3. The fourth-order valence-corrected chi connectivity index (χ4v) is 2.84. The van der Waals surface area contributed by atoms with Gasteiger partial charge in [-0.3, -0.25) is 5.10 Å². The SMILES string of the molecule is Cc1cc(-c2nc(N3CCC(C)C(N)C3)n[nH]2)ccc1Br. The van der Waals surface area contributed by atoms with Gasteiger partial charge < -0.3 is 10.6 Å². The summed E-state index contributed by atoms with van der Waals surface area (Å²) in [5, 5.41) is 7.38. The van der Waals surface area contributed by atoms with Crippen LogP contribution in [0.2, 0.25) is 0 Å². The Morgan fingerprint density at radius 2 is 2.24 bits per heavy atom. The summed E-state index contributed by atoms with van der Waals surface area (Å²) in [6.45, 7) is 6.05. The van der Waals surface area contributed by atoms with Crippen molar-refractivity contribution in [3.63, 3.8) is 0 Å². The molecule has 2 atom stereocenters. The summed E-state index contributed by atoms with van der Waals surface area (Å²) in [5.41, 5.74) is 8.37. The van der Waals surface area contributed by atoms with Crippen LogP contribution in [-0.2, 0) is 0 Å². The van der Waals surface area contributed by atoms with Crippen LogP contribution in [0.5, 0.6) is 0 Å². The third-order valence-electron chi connectivity index (χ3n) is 4.20. The Hall–Kier alpha value is -1.40. The zero-order chi connectivity index (χ0) is 15.0. The quantitative estimate of drug-likeness (QED) is 0.874. The maximum absolute atomic E-state index is 6.15. The summed E-state index contributed by atoms with van der Waals surface area (Å²) in [5.74, 6) is 2.11. The molecule has 3 rings (SSSR count). The Bertz CT molecular complexity index is 639. The smallest absolute Gasteiger partial charge is 0.245 e. The lowest BCUT2D eigenvalue weighted by atomic mass is 9.95. The third kappa shape index (κ3) is 2.96. The third-order valence-corrected chi connectivity index (χ3v) is 5.09. The maximum Gasteiger partial charge on any atom is 0.245 e. The highest BCUT2D eigenvalue weighted by molar-refractivity contribution is 9.10. The minimum absolute atomic E-state index is 0.190. The highest BCUT2D eigenvalue weighted by atomic mass is 79.9. The lowest BCUT2D eigenvalue weighted by Crippen LogP contribution is -2.48. The first-order chi connectivity index (χ1) is 10.0. The predicted octanol–water partition coefficient (Wildman–Crippen LogP) is 2.72. The molecule has 1 saturated heterocycles. The number of aromatic amines is 1. The van der Waals surface area contributed by atoms with Gasteiger partial charge in [0.1, 0.15) is 0 Å². The van der Waals surface area contributed by atoms with Crippen LogP contribution in [0, 0.1) is 12.8 Å². The molecule has 2 aromatic rings. The largest absolute Gasteiger partial charge is 0.338 e. The van der Waals surface area contributed by atoms with E-state index in [1.165, 1.54) is 5.56 Å². The van der Waals surface area contributed by atoms with Gasteiger partial charge in [0.15, 0.2) is 5.82 Å². The minimum Gasteiger partial charge on any atom is -0.338 e. The van der Waals surface area contributed by atoms with Crippen molar-refractivity contribution in [1.82, 2.24) is 15.2 Å². The standard InChI is InChI=1S/C15H20BrN5/c1-9-5-6-21(8-13(9)17)15-18-14(19-20-15)11-3-4-12(16)10(2)7-11/h3-4,7,9,13H,5-6,8,17H2,1-2H3,(H,18,19,20). The molecule has 6 heteroatoms. The van der Waals surface area contributed by atoms with Crippen molar-refractivity contribution in [2.75, 3.05) is 18.0 Å². The van der Waals surface area contributed by atoms with E-state index in [1.807, 2.05) is 12.1 Å². The molecule has 1 aliphatic rings. The van der Waals surface area contributed by atoms with Gasteiger partial charge in [-0.1, -0.05) is 28.9 Å². The van der Waals surface area contributed by atoms with Crippen LogP contribution in [0.15, 0.2) is 22.7 Å². The van der Waals surface area contributed by atoms with E-state index in [2.05, 4.69) is 55.9 Å². The van der Waals surface area contributed by atoms with Crippen molar-refractivity contribution in [1.29, 1.82) is 0 Å². The molecular weight excluding hydrogens is 330 g/mol. The Morgan fingerprint density at radius 3 is 2.95 bits per heavy atom. The van der Waals surface area contributed by atoms with Crippen LogP contribution in [0.3, 0.4) is 0 Å². The first kappa shape index (κ1) is 14.5. The highest BCUT2D eigenvalue weighted by Crippen LogP contribution is 2.25. The number of nitrogens with one attached hydrogen (secondary N) is 1. The van der Waals surface area contributed by atoms with E-state index in [0.717, 1.165) is 41.3 Å². The average Bonchev–Trinajstić information content (AvgIpc) is 2.94. The van der Waals surface area contributed by atoms with Crippen LogP contribution < -0.4 is 10.6 Å². The summed E-state index contributed by atoms with van der Waals surface area (Å²) in [4.78, 5) is 6.79. The molecule has 0 radical (unpaired) electrons. The fraction of sp³-hybridized carbons (Fsp3) is 0.467. The molecule has 21 heavy (non-hydrogen) atoms. The van der Waals surface area contributed by atoms with Crippen molar-refractivity contribution in [2.45, 2.75) is 26.3 Å². The second-order valence-electron chi connectivity index (χ2n) is 5.82. The average molecular weight is 350 g/mol. The summed E-state index contributed by atoms with van der Waals surface area (Å²) in [6, 6.07) is 6.35. The lowest BCUT2D eigenvalue weighted by Gasteiger charge is -2.34. The highest BCUT2D eigenvalue weighted by Gasteiger charge is 2.25. The maximum atomic E-state index is 6.15. The van der Waals surface area contributed by atoms with Crippen molar-refractivity contribution < 1.29 is 0 Å². The van der Waals surface area contributed by atoms with Gasteiger partial charge in [-0.2, -0.15) is 4.98 Å². The molecule has 3 N–H and O–H groups in total. The van der Waals surface area contributed by atoms with E-state index < -0.39 is 0 Å². The van der Waals surface area contributed by atoms with Gasteiger partial charge in [0.25, 0.3) is 0 Å². The molecule has 0 amide bonds. The van der Waals surface area contributed by atoms with Gasteiger partial charge in [-0.25, -0.2) is 0 Å². The van der Waals surface area contributed by atoms with Crippen LogP contribution in [0.1, 0.15) is 18.9 Å². The van der Waals surface area contributed by atoms with Gasteiger partial charge in [-0.15, -0.1) is 5.10 Å². The van der Waals surface area contributed by atoms with Gasteiger partial charge in [0, 0.05) is 29.2 Å². The number of piperidine rings is 1. The molecular formula is C15H20BrN5. The topological polar surface area (TPSA) is 70.8 Å². The number of nitrogens with two attached hydrogens (primary N) is 1. The van der Waals surface area contributed by atoms with Crippen LogP contribution in [-0.4, -0.2) is 34.3 Å². The molecule has 2 heterocycles. The second kappa shape index (κ2) is 5.77. The van der Waals surface area contributed by atoms with E-state index in [-0.39, 0.29) is 6.04 Å². The molecule has 1 fully saturated rings. The predicted molar refractivity (Wildman–Crippen MR) is 88.2 cm³/mol. The number of hydrogen-bond acceptors (Lipinski definition) is 4. The molecule has 1 aromatic heterocycles. The van der Waals surface area contributed by atoms with Gasteiger partial charge in [0.05, 0.1) is 0 Å². The minimum atomic E-state index is 0.190. The summed E-state index contributed by atoms with van der Waals surface area (Å²) in [6.07, 6.45) is 1.09.